The smallest absolute Gasteiger partial charge is 0.321 e. The number of likely N-dealkylation sites (tertiary alicyclic amines) is 1. The molecule has 6 nitrogen and oxygen atoms in total. The number of rotatable bonds is 4. The highest BCUT2D eigenvalue weighted by atomic mass is 35.5. The Hall–Kier alpha value is -2.73. The van der Waals surface area contributed by atoms with Gasteiger partial charge < -0.3 is 20.0 Å². The molecular weight excluding hydrogens is 412 g/mol. The molecule has 164 valence electrons. The van der Waals surface area contributed by atoms with Gasteiger partial charge in [0.05, 0.1) is 0 Å². The number of piperidine rings is 1. The number of aryl methyl sites for hydroxylation is 2. The Labute approximate surface area is 188 Å². The monoisotopic (exact) mass is 440 g/mol. The molecule has 2 aromatic rings. The molecule has 1 N–H and O–H groups in total. The fourth-order valence-corrected chi connectivity index (χ4v) is 4.44. The molecule has 0 radical (unpaired) electrons. The Morgan fingerprint density at radius 2 is 1.74 bits per heavy atom. The molecule has 2 saturated heterocycles. The number of nitrogens with zero attached hydrogens (tertiary/aromatic N) is 3. The number of nitrogens with one attached hydrogen (secondary N) is 1. The van der Waals surface area contributed by atoms with E-state index in [1.165, 1.54) is 5.56 Å². The standard InChI is InChI=1S/C24H29ClN4O2/c1-17-3-6-19(7-4-17)16-28-13-14-29(24(28)31)21-9-11-27(12-10-21)23(30)26-20-8-5-18(2)22(25)15-20/h3-8,15,21H,9-14,16H2,1-2H3,(H,26,30). The normalized spacial score (nSPS) is 17.4. The lowest BCUT2D eigenvalue weighted by molar-refractivity contribution is 0.139. The van der Waals surface area contributed by atoms with Gasteiger partial charge in [0.15, 0.2) is 0 Å². The van der Waals surface area contributed by atoms with Gasteiger partial charge in [-0.05, 0) is 49.9 Å². The lowest BCUT2D eigenvalue weighted by Gasteiger charge is -2.36. The van der Waals surface area contributed by atoms with E-state index in [0.29, 0.717) is 30.3 Å². The second kappa shape index (κ2) is 9.18. The minimum atomic E-state index is -0.118. The third kappa shape index (κ3) is 4.96. The molecule has 2 aliphatic heterocycles. The van der Waals surface area contributed by atoms with Crippen molar-refractivity contribution in [3.05, 3.63) is 64.2 Å². The first-order valence-electron chi connectivity index (χ1n) is 10.8. The third-order valence-electron chi connectivity index (χ3n) is 6.24. The molecule has 0 unspecified atom stereocenters. The van der Waals surface area contributed by atoms with Crippen molar-refractivity contribution in [1.82, 2.24) is 14.7 Å². The molecule has 0 aromatic heterocycles. The van der Waals surface area contributed by atoms with Crippen LogP contribution in [0.3, 0.4) is 0 Å². The Balaban J connectivity index is 1.28. The first kappa shape index (κ1) is 21.5. The number of hydrogen-bond acceptors (Lipinski definition) is 2. The van der Waals surface area contributed by atoms with E-state index in [2.05, 4.69) is 36.5 Å². The van der Waals surface area contributed by atoms with E-state index in [4.69, 9.17) is 11.6 Å². The van der Waals surface area contributed by atoms with Gasteiger partial charge in [-0.15, -0.1) is 0 Å². The van der Waals surface area contributed by atoms with Crippen molar-refractivity contribution < 1.29 is 9.59 Å². The maximum atomic E-state index is 12.9. The zero-order valence-electron chi connectivity index (χ0n) is 18.1. The highest BCUT2D eigenvalue weighted by molar-refractivity contribution is 6.31. The van der Waals surface area contributed by atoms with Crippen LogP contribution in [-0.4, -0.2) is 59.0 Å². The van der Waals surface area contributed by atoms with E-state index >= 15 is 0 Å². The molecule has 0 bridgehead atoms. The van der Waals surface area contributed by atoms with Gasteiger partial charge in [-0.1, -0.05) is 47.5 Å². The molecule has 7 heteroatoms. The largest absolute Gasteiger partial charge is 0.324 e. The summed E-state index contributed by atoms with van der Waals surface area (Å²) in [6.45, 7) is 7.42. The van der Waals surface area contributed by atoms with Crippen LogP contribution >= 0.6 is 11.6 Å². The van der Waals surface area contributed by atoms with Gasteiger partial charge in [-0.2, -0.15) is 0 Å². The number of anilines is 1. The maximum absolute atomic E-state index is 12.9. The number of carbonyl (C=O) groups is 2. The zero-order valence-corrected chi connectivity index (χ0v) is 18.9. The fourth-order valence-electron chi connectivity index (χ4n) is 4.25. The molecule has 2 heterocycles. The summed E-state index contributed by atoms with van der Waals surface area (Å²) < 4.78 is 0. The Morgan fingerprint density at radius 1 is 1.03 bits per heavy atom. The van der Waals surface area contributed by atoms with Gasteiger partial charge in [0.1, 0.15) is 0 Å². The molecule has 2 fully saturated rings. The Kier molecular flexibility index (Phi) is 6.37. The van der Waals surface area contributed by atoms with E-state index in [1.54, 1.807) is 6.07 Å². The number of urea groups is 2. The lowest BCUT2D eigenvalue weighted by Crippen LogP contribution is -2.49. The van der Waals surface area contributed by atoms with E-state index in [1.807, 2.05) is 33.8 Å². The number of benzene rings is 2. The molecule has 0 saturated carbocycles. The second-order valence-electron chi connectivity index (χ2n) is 8.50. The summed E-state index contributed by atoms with van der Waals surface area (Å²) in [5.41, 5.74) is 4.05. The quantitative estimate of drug-likeness (QED) is 0.735. The van der Waals surface area contributed by atoms with Gasteiger partial charge in [0, 0.05) is 49.5 Å². The number of halogens is 1. The first-order chi connectivity index (χ1) is 14.9. The predicted octanol–water partition coefficient (Wildman–Crippen LogP) is 4.89. The average molecular weight is 441 g/mol. The number of hydrogen-bond donors (Lipinski definition) is 1. The molecule has 31 heavy (non-hydrogen) atoms. The summed E-state index contributed by atoms with van der Waals surface area (Å²) in [6, 6.07) is 14.0. The van der Waals surface area contributed by atoms with Crippen LogP contribution in [0.4, 0.5) is 15.3 Å². The topological polar surface area (TPSA) is 55.9 Å². The van der Waals surface area contributed by atoms with Crippen LogP contribution in [0.25, 0.3) is 0 Å². The van der Waals surface area contributed by atoms with E-state index < -0.39 is 0 Å². The number of amides is 4. The van der Waals surface area contributed by atoms with Crippen LogP contribution in [0.1, 0.15) is 29.5 Å². The van der Waals surface area contributed by atoms with Gasteiger partial charge in [-0.25, -0.2) is 9.59 Å². The van der Waals surface area contributed by atoms with Crippen molar-refractivity contribution in [1.29, 1.82) is 0 Å². The molecule has 0 aliphatic carbocycles. The third-order valence-corrected chi connectivity index (χ3v) is 6.64. The van der Waals surface area contributed by atoms with Crippen LogP contribution < -0.4 is 5.32 Å². The molecular formula is C24H29ClN4O2. The summed E-state index contributed by atoms with van der Waals surface area (Å²) in [5.74, 6) is 0. The van der Waals surface area contributed by atoms with E-state index in [-0.39, 0.29) is 18.1 Å². The first-order valence-corrected chi connectivity index (χ1v) is 11.2. The van der Waals surface area contributed by atoms with Crippen molar-refractivity contribution in [2.24, 2.45) is 0 Å². The summed E-state index contributed by atoms with van der Waals surface area (Å²) in [4.78, 5) is 31.3. The van der Waals surface area contributed by atoms with Crippen molar-refractivity contribution >= 4 is 29.4 Å². The summed E-state index contributed by atoms with van der Waals surface area (Å²) in [6.07, 6.45) is 1.60. The molecule has 4 rings (SSSR count). The Bertz CT molecular complexity index is 955. The lowest BCUT2D eigenvalue weighted by atomic mass is 10.0. The summed E-state index contributed by atoms with van der Waals surface area (Å²) >= 11 is 6.15. The van der Waals surface area contributed by atoms with Crippen molar-refractivity contribution in [2.75, 3.05) is 31.5 Å². The van der Waals surface area contributed by atoms with Crippen molar-refractivity contribution in [2.45, 2.75) is 39.3 Å². The predicted molar refractivity (Wildman–Crippen MR) is 123 cm³/mol. The fraction of sp³-hybridized carbons (Fsp3) is 0.417. The van der Waals surface area contributed by atoms with E-state index in [9.17, 15) is 9.59 Å². The maximum Gasteiger partial charge on any atom is 0.321 e. The Morgan fingerprint density at radius 3 is 2.42 bits per heavy atom. The highest BCUT2D eigenvalue weighted by Gasteiger charge is 2.36. The van der Waals surface area contributed by atoms with Crippen LogP contribution in [0.5, 0.6) is 0 Å². The summed E-state index contributed by atoms with van der Waals surface area (Å²) in [7, 11) is 0. The van der Waals surface area contributed by atoms with Crippen molar-refractivity contribution in [3.8, 4) is 0 Å². The van der Waals surface area contributed by atoms with Gasteiger partial charge in [-0.3, -0.25) is 0 Å². The number of carbonyl (C=O) groups excluding carboxylic acids is 2. The molecule has 2 aromatic carbocycles. The van der Waals surface area contributed by atoms with Gasteiger partial charge >= 0.3 is 12.1 Å². The van der Waals surface area contributed by atoms with Crippen molar-refractivity contribution in [3.63, 3.8) is 0 Å². The molecule has 4 amide bonds. The molecule has 0 spiro atoms. The molecule has 2 aliphatic rings. The second-order valence-corrected chi connectivity index (χ2v) is 8.90. The van der Waals surface area contributed by atoms with Crippen LogP contribution in [0.2, 0.25) is 5.02 Å². The van der Waals surface area contributed by atoms with E-state index in [0.717, 1.165) is 37.1 Å². The highest BCUT2D eigenvalue weighted by Crippen LogP contribution is 2.24. The minimum absolute atomic E-state index is 0.109. The van der Waals surface area contributed by atoms with Crippen LogP contribution in [0, 0.1) is 13.8 Å². The zero-order chi connectivity index (χ0) is 22.0. The molecule has 0 atom stereocenters. The van der Waals surface area contributed by atoms with Gasteiger partial charge in [0.25, 0.3) is 0 Å². The van der Waals surface area contributed by atoms with Gasteiger partial charge in [0.2, 0.25) is 0 Å². The summed E-state index contributed by atoms with van der Waals surface area (Å²) in [5, 5.41) is 3.56. The average Bonchev–Trinajstić information content (AvgIpc) is 3.12. The van der Waals surface area contributed by atoms with Crippen LogP contribution in [-0.2, 0) is 6.54 Å². The minimum Gasteiger partial charge on any atom is -0.324 e. The van der Waals surface area contributed by atoms with Crippen LogP contribution in [0.15, 0.2) is 42.5 Å². The SMILES string of the molecule is Cc1ccc(CN2CCN(C3CCN(C(=O)Nc4ccc(C)c(Cl)c4)CC3)C2=O)cc1.